The van der Waals surface area contributed by atoms with E-state index in [1.54, 1.807) is 33.5 Å². The molecular weight excluding hydrogens is 464 g/mol. The van der Waals surface area contributed by atoms with Crippen LogP contribution in [0.3, 0.4) is 0 Å². The lowest BCUT2D eigenvalue weighted by Crippen LogP contribution is -2.14. The van der Waals surface area contributed by atoms with Crippen LogP contribution < -0.4 is 14.2 Å². The summed E-state index contributed by atoms with van der Waals surface area (Å²) in [6.07, 6.45) is 0. The summed E-state index contributed by atoms with van der Waals surface area (Å²) >= 11 is 0. The highest BCUT2D eigenvalue weighted by Gasteiger charge is 2.37. The van der Waals surface area contributed by atoms with Gasteiger partial charge in [0.2, 0.25) is 0 Å². The third-order valence-corrected chi connectivity index (χ3v) is 8.71. The van der Waals surface area contributed by atoms with E-state index in [9.17, 15) is 9.90 Å². The van der Waals surface area contributed by atoms with E-state index in [0.717, 1.165) is 14.7 Å². The van der Waals surface area contributed by atoms with E-state index in [4.69, 9.17) is 18.4 Å². The summed E-state index contributed by atoms with van der Waals surface area (Å²) in [6, 6.07) is 28.7. The zero-order valence-electron chi connectivity index (χ0n) is 19.6. The quantitative estimate of drug-likeness (QED) is 0.305. The van der Waals surface area contributed by atoms with Gasteiger partial charge in [0, 0.05) is 14.7 Å². The second-order valence-corrected chi connectivity index (χ2v) is 10.2. The van der Waals surface area contributed by atoms with Crippen molar-refractivity contribution in [2.24, 2.45) is 0 Å². The Kier molecular flexibility index (Phi) is 7.17. The van der Waals surface area contributed by atoms with Gasteiger partial charge < -0.3 is 23.5 Å². The number of aromatic hydroxyl groups is 1. The molecule has 0 saturated heterocycles. The fourth-order valence-corrected chi connectivity index (χ4v) is 6.64. The van der Waals surface area contributed by atoms with Crippen LogP contribution in [0.4, 0.5) is 0 Å². The van der Waals surface area contributed by atoms with Crippen LogP contribution in [0.25, 0.3) is 0 Å². The highest BCUT2D eigenvalue weighted by atomic mass is 32.3. The van der Waals surface area contributed by atoms with E-state index in [1.807, 2.05) is 72.8 Å². The molecule has 0 heterocycles. The Balaban J connectivity index is 1.97. The monoisotopic (exact) mass is 490 g/mol. The van der Waals surface area contributed by atoms with Crippen LogP contribution >= 0.6 is 10.3 Å². The maximum atomic E-state index is 13.5. The number of hydrogen-bond donors (Lipinski definition) is 1. The Bertz CT molecular complexity index is 1170. The van der Waals surface area contributed by atoms with Gasteiger partial charge in [-0.2, -0.15) is 0 Å². The molecule has 4 rings (SSSR count). The average molecular weight is 491 g/mol. The minimum Gasteiger partial charge on any atom is -0.507 e. The van der Waals surface area contributed by atoms with Gasteiger partial charge in [-0.3, -0.25) is 0 Å². The molecule has 0 aromatic heterocycles. The Labute approximate surface area is 206 Å². The van der Waals surface area contributed by atoms with Gasteiger partial charge in [0.05, 0.1) is 21.3 Å². The minimum absolute atomic E-state index is 0.0833. The van der Waals surface area contributed by atoms with E-state index in [0.29, 0.717) is 17.2 Å². The van der Waals surface area contributed by atoms with Gasteiger partial charge in [0.25, 0.3) is 0 Å². The molecule has 0 aliphatic carbocycles. The van der Waals surface area contributed by atoms with Crippen molar-refractivity contribution in [1.29, 1.82) is 0 Å². The highest BCUT2D eigenvalue weighted by Crippen LogP contribution is 2.69. The summed E-state index contributed by atoms with van der Waals surface area (Å²) in [7, 11) is 2.19. The fraction of sp³-hybridized carbons (Fsp3) is 0.107. The number of phenolic OH excluding ortho intramolecular Hbond substituents is 1. The van der Waals surface area contributed by atoms with Gasteiger partial charge in [-0.1, -0.05) is 12.1 Å². The standard InChI is InChI=1S/C28H26O6S/c1-31-20-8-14-23(15-9-20)35(24-16-10-21(32-2)11-17-24,25-18-12-22(33-3)13-19-25)34-28(30)26-6-4-5-7-27(26)29/h4-19,29H,1-3H3. The molecule has 0 radical (unpaired) electrons. The van der Waals surface area contributed by atoms with Crippen LogP contribution in [0.1, 0.15) is 10.4 Å². The first-order valence-corrected chi connectivity index (χ1v) is 12.3. The third kappa shape index (κ3) is 4.76. The van der Waals surface area contributed by atoms with Crippen LogP contribution in [0.2, 0.25) is 0 Å². The normalized spacial score (nSPS) is 11.4. The van der Waals surface area contributed by atoms with Gasteiger partial charge >= 0.3 is 5.97 Å². The molecule has 0 atom stereocenters. The second-order valence-electron chi connectivity index (χ2n) is 7.47. The fourth-order valence-electron chi connectivity index (χ4n) is 3.66. The van der Waals surface area contributed by atoms with E-state index < -0.39 is 16.3 Å². The van der Waals surface area contributed by atoms with Gasteiger partial charge in [0.1, 0.15) is 28.6 Å². The van der Waals surface area contributed by atoms with Crippen LogP contribution in [0.15, 0.2) is 112 Å². The van der Waals surface area contributed by atoms with Crippen molar-refractivity contribution in [3.05, 3.63) is 103 Å². The molecule has 0 saturated carbocycles. The number of methoxy groups -OCH3 is 3. The lowest BCUT2D eigenvalue weighted by atomic mass is 10.2. The van der Waals surface area contributed by atoms with Gasteiger partial charge in [-0.15, -0.1) is 0 Å². The van der Waals surface area contributed by atoms with E-state index in [-0.39, 0.29) is 11.3 Å². The van der Waals surface area contributed by atoms with Crippen LogP contribution in [-0.2, 0) is 4.18 Å². The molecule has 0 amide bonds. The first kappa shape index (κ1) is 24.0. The molecular formula is C28H26O6S. The number of carbonyl (C=O) groups excluding carboxylic acids is 1. The predicted octanol–water partition coefficient (Wildman–Crippen LogP) is 6.47. The van der Waals surface area contributed by atoms with E-state index in [2.05, 4.69) is 0 Å². The molecule has 35 heavy (non-hydrogen) atoms. The maximum Gasteiger partial charge on any atom is 0.353 e. The van der Waals surface area contributed by atoms with Crippen LogP contribution in [0, 0.1) is 0 Å². The molecule has 6 nitrogen and oxygen atoms in total. The lowest BCUT2D eigenvalue weighted by molar-refractivity contribution is 0.0754. The number of phenols is 1. The SMILES string of the molecule is COc1ccc(S(OC(=O)c2ccccc2O)(c2ccc(OC)cc2)c2ccc(OC)cc2)cc1. The molecule has 4 aromatic carbocycles. The molecule has 0 spiro atoms. The molecule has 180 valence electrons. The number of ether oxygens (including phenoxy) is 3. The topological polar surface area (TPSA) is 74.2 Å². The first-order chi connectivity index (χ1) is 17.0. The van der Waals surface area contributed by atoms with Crippen molar-refractivity contribution >= 4 is 16.3 Å². The highest BCUT2D eigenvalue weighted by molar-refractivity contribution is 8.30. The summed E-state index contributed by atoms with van der Waals surface area (Å²) in [4.78, 5) is 15.9. The average Bonchev–Trinajstić information content (AvgIpc) is 2.92. The number of carbonyl (C=O) groups is 1. The molecule has 7 heteroatoms. The largest absolute Gasteiger partial charge is 0.507 e. The summed E-state index contributed by atoms with van der Waals surface area (Å²) in [5.41, 5.74) is 0.0833. The predicted molar refractivity (Wildman–Crippen MR) is 135 cm³/mol. The second kappa shape index (κ2) is 10.4. The molecule has 0 aliphatic heterocycles. The van der Waals surface area contributed by atoms with Gasteiger partial charge in [0.15, 0.2) is 0 Å². The number of rotatable bonds is 8. The van der Waals surface area contributed by atoms with Gasteiger partial charge in [-0.25, -0.2) is 4.79 Å². The molecule has 0 aliphatic rings. The maximum absolute atomic E-state index is 13.5. The van der Waals surface area contributed by atoms with Gasteiger partial charge in [-0.05, 0) is 95.2 Å². The molecule has 0 bridgehead atoms. The minimum atomic E-state index is -2.60. The summed E-state index contributed by atoms with van der Waals surface area (Å²) in [5, 5.41) is 10.4. The Hall–Kier alpha value is -4.10. The molecule has 4 aromatic rings. The van der Waals surface area contributed by atoms with Crippen molar-refractivity contribution in [1.82, 2.24) is 0 Å². The summed E-state index contributed by atoms with van der Waals surface area (Å²) in [6.45, 7) is 0. The van der Waals surface area contributed by atoms with Crippen molar-refractivity contribution in [3.8, 4) is 23.0 Å². The van der Waals surface area contributed by atoms with E-state index >= 15 is 0 Å². The van der Waals surface area contributed by atoms with Crippen LogP contribution in [0.5, 0.6) is 23.0 Å². The Morgan fingerprint density at radius 1 is 0.600 bits per heavy atom. The zero-order valence-corrected chi connectivity index (χ0v) is 20.5. The number of para-hydroxylation sites is 1. The van der Waals surface area contributed by atoms with Crippen molar-refractivity contribution < 1.29 is 28.3 Å². The Morgan fingerprint density at radius 2 is 0.971 bits per heavy atom. The molecule has 1 N–H and O–H groups in total. The van der Waals surface area contributed by atoms with Crippen molar-refractivity contribution in [2.45, 2.75) is 14.7 Å². The number of benzene rings is 4. The smallest absolute Gasteiger partial charge is 0.353 e. The Morgan fingerprint density at radius 3 is 1.31 bits per heavy atom. The van der Waals surface area contributed by atoms with Crippen molar-refractivity contribution in [3.63, 3.8) is 0 Å². The van der Waals surface area contributed by atoms with Crippen molar-refractivity contribution in [2.75, 3.05) is 21.3 Å². The molecule has 0 unspecified atom stereocenters. The third-order valence-electron chi connectivity index (χ3n) is 5.50. The summed E-state index contributed by atoms with van der Waals surface area (Å²) < 4.78 is 22.5. The number of hydrogen-bond acceptors (Lipinski definition) is 6. The van der Waals surface area contributed by atoms with E-state index in [1.165, 1.54) is 12.1 Å². The summed E-state index contributed by atoms with van der Waals surface area (Å²) in [5.74, 6) is 1.25. The first-order valence-electron chi connectivity index (χ1n) is 10.8. The zero-order chi connectivity index (χ0) is 24.8. The van der Waals surface area contributed by atoms with Crippen LogP contribution in [-0.4, -0.2) is 32.4 Å². The lowest BCUT2D eigenvalue weighted by Gasteiger charge is -2.40. The molecule has 0 fully saturated rings.